The van der Waals surface area contributed by atoms with Crippen LogP contribution < -0.4 is 5.32 Å². The minimum atomic E-state index is -4.63. The number of likely N-dealkylation sites (tertiary alicyclic amines) is 1. The molecule has 1 aliphatic heterocycles. The molecule has 21 heavy (non-hydrogen) atoms. The Kier molecular flexibility index (Phi) is 4.40. The van der Waals surface area contributed by atoms with Gasteiger partial charge in [0.15, 0.2) is 0 Å². The lowest BCUT2D eigenvalue weighted by Crippen LogP contribution is -2.39. The van der Waals surface area contributed by atoms with Crippen LogP contribution in [0.3, 0.4) is 0 Å². The van der Waals surface area contributed by atoms with Gasteiger partial charge in [-0.15, -0.1) is 0 Å². The number of thiophene rings is 1. The van der Waals surface area contributed by atoms with Gasteiger partial charge in [0.25, 0.3) is 0 Å². The number of urea groups is 1. The minimum absolute atomic E-state index is 0.202. The molecule has 0 spiro atoms. The Morgan fingerprint density at radius 2 is 2.14 bits per heavy atom. The summed E-state index contributed by atoms with van der Waals surface area (Å²) >= 11 is 1.44. The van der Waals surface area contributed by atoms with Gasteiger partial charge >= 0.3 is 18.2 Å². The first-order valence-corrected chi connectivity index (χ1v) is 7.06. The maximum Gasteiger partial charge on any atom is 0.394 e. The summed E-state index contributed by atoms with van der Waals surface area (Å²) in [5, 5.41) is 15.0. The zero-order valence-corrected chi connectivity index (χ0v) is 11.6. The number of carboxylic acid groups (broad SMARTS) is 1. The molecule has 2 atom stereocenters. The van der Waals surface area contributed by atoms with Crippen molar-refractivity contribution in [1.82, 2.24) is 10.2 Å². The number of hydrogen-bond acceptors (Lipinski definition) is 3. The van der Waals surface area contributed by atoms with E-state index in [0.29, 0.717) is 0 Å². The van der Waals surface area contributed by atoms with Gasteiger partial charge in [-0.2, -0.15) is 24.5 Å². The van der Waals surface area contributed by atoms with E-state index in [9.17, 15) is 22.8 Å². The molecule has 0 radical (unpaired) electrons. The van der Waals surface area contributed by atoms with Crippen LogP contribution in [0.4, 0.5) is 18.0 Å². The van der Waals surface area contributed by atoms with E-state index in [0.717, 1.165) is 10.5 Å². The van der Waals surface area contributed by atoms with Crippen molar-refractivity contribution in [2.45, 2.75) is 12.7 Å². The summed E-state index contributed by atoms with van der Waals surface area (Å²) in [4.78, 5) is 23.7. The Labute approximate surface area is 122 Å². The number of halogens is 3. The fraction of sp³-hybridized carbons (Fsp3) is 0.500. The molecule has 2 N–H and O–H groups in total. The minimum Gasteiger partial charge on any atom is -0.481 e. The number of aliphatic carboxylic acids is 1. The van der Waals surface area contributed by atoms with Crippen LogP contribution in [-0.4, -0.2) is 41.3 Å². The van der Waals surface area contributed by atoms with Crippen molar-refractivity contribution in [3.63, 3.8) is 0 Å². The zero-order valence-electron chi connectivity index (χ0n) is 10.8. The van der Waals surface area contributed by atoms with Crippen molar-refractivity contribution in [1.29, 1.82) is 0 Å². The molecule has 2 amide bonds. The molecule has 1 aromatic rings. The molecule has 9 heteroatoms. The zero-order chi connectivity index (χ0) is 15.6. The second kappa shape index (κ2) is 5.92. The third kappa shape index (κ3) is 3.66. The van der Waals surface area contributed by atoms with Crippen LogP contribution in [0.5, 0.6) is 0 Å². The van der Waals surface area contributed by atoms with Gasteiger partial charge in [-0.25, -0.2) is 4.79 Å². The molecule has 0 saturated carbocycles. The summed E-state index contributed by atoms with van der Waals surface area (Å²) in [5.74, 6) is -5.18. The number of nitrogens with one attached hydrogen (secondary N) is 1. The predicted molar refractivity (Wildman–Crippen MR) is 68.8 cm³/mol. The van der Waals surface area contributed by atoms with Gasteiger partial charge in [0, 0.05) is 19.6 Å². The lowest BCUT2D eigenvalue weighted by Gasteiger charge is -2.18. The second-order valence-electron chi connectivity index (χ2n) is 4.79. The first kappa shape index (κ1) is 15.6. The molecule has 0 aliphatic carbocycles. The smallest absolute Gasteiger partial charge is 0.394 e. The van der Waals surface area contributed by atoms with Crippen LogP contribution in [0.2, 0.25) is 0 Å². The highest BCUT2D eigenvalue weighted by Crippen LogP contribution is 2.37. The van der Waals surface area contributed by atoms with Gasteiger partial charge < -0.3 is 15.3 Å². The Balaban J connectivity index is 1.98. The summed E-state index contributed by atoms with van der Waals surface area (Å²) in [6.45, 7) is -0.863. The normalized spacial score (nSPS) is 22.3. The highest BCUT2D eigenvalue weighted by atomic mass is 32.1. The van der Waals surface area contributed by atoms with Crippen LogP contribution >= 0.6 is 11.3 Å². The van der Waals surface area contributed by atoms with Crippen LogP contribution in [0.15, 0.2) is 16.8 Å². The van der Waals surface area contributed by atoms with E-state index in [2.05, 4.69) is 5.32 Å². The van der Waals surface area contributed by atoms with Crippen molar-refractivity contribution in [2.75, 3.05) is 13.1 Å². The van der Waals surface area contributed by atoms with Crippen molar-refractivity contribution in [2.24, 2.45) is 11.8 Å². The summed E-state index contributed by atoms with van der Waals surface area (Å²) in [6.07, 6.45) is -4.63. The summed E-state index contributed by atoms with van der Waals surface area (Å²) in [5.41, 5.74) is 0.842. The third-order valence-corrected chi connectivity index (χ3v) is 4.10. The van der Waals surface area contributed by atoms with Crippen LogP contribution in [0.1, 0.15) is 5.56 Å². The lowest BCUT2D eigenvalue weighted by molar-refractivity contribution is -0.187. The fourth-order valence-corrected chi connectivity index (χ4v) is 2.90. The number of carbonyl (C=O) groups excluding carboxylic acids is 1. The molecule has 5 nitrogen and oxygen atoms in total. The van der Waals surface area contributed by atoms with Crippen molar-refractivity contribution in [3.8, 4) is 0 Å². The summed E-state index contributed by atoms with van der Waals surface area (Å²) in [7, 11) is 0. The molecule has 1 aromatic heterocycles. The molecule has 0 aromatic carbocycles. The first-order valence-electron chi connectivity index (χ1n) is 6.12. The van der Waals surface area contributed by atoms with Gasteiger partial charge in [0.05, 0.1) is 11.8 Å². The van der Waals surface area contributed by atoms with Crippen LogP contribution in [-0.2, 0) is 11.3 Å². The Bertz CT molecular complexity index is 518. The maximum atomic E-state index is 12.8. The molecule has 0 unspecified atom stereocenters. The molecule has 116 valence electrons. The Hall–Kier alpha value is -1.77. The van der Waals surface area contributed by atoms with E-state index in [1.165, 1.54) is 11.3 Å². The highest BCUT2D eigenvalue weighted by molar-refractivity contribution is 7.07. The number of carbonyl (C=O) groups is 2. The van der Waals surface area contributed by atoms with E-state index in [-0.39, 0.29) is 6.54 Å². The van der Waals surface area contributed by atoms with Gasteiger partial charge in [0.2, 0.25) is 0 Å². The monoisotopic (exact) mass is 322 g/mol. The number of hydrogen-bond donors (Lipinski definition) is 2. The molecule has 1 aliphatic rings. The number of nitrogens with zero attached hydrogens (tertiary/aromatic N) is 1. The van der Waals surface area contributed by atoms with Crippen molar-refractivity contribution < 1.29 is 27.9 Å². The Morgan fingerprint density at radius 1 is 1.43 bits per heavy atom. The second-order valence-corrected chi connectivity index (χ2v) is 5.57. The molecular formula is C12H13F3N2O3S. The van der Waals surface area contributed by atoms with Gasteiger partial charge in [-0.05, 0) is 22.4 Å². The number of rotatable bonds is 3. The molecule has 2 heterocycles. The predicted octanol–water partition coefficient (Wildman–Crippen LogP) is 2.15. The van der Waals surface area contributed by atoms with Crippen LogP contribution in [0, 0.1) is 11.8 Å². The van der Waals surface area contributed by atoms with Gasteiger partial charge in [-0.3, -0.25) is 4.79 Å². The molecule has 1 saturated heterocycles. The van der Waals surface area contributed by atoms with Crippen molar-refractivity contribution in [3.05, 3.63) is 22.4 Å². The van der Waals surface area contributed by atoms with E-state index >= 15 is 0 Å². The number of amides is 2. The van der Waals surface area contributed by atoms with Crippen LogP contribution in [0.25, 0.3) is 0 Å². The van der Waals surface area contributed by atoms with E-state index in [1.807, 2.05) is 10.8 Å². The number of carboxylic acids is 1. The topological polar surface area (TPSA) is 69.6 Å². The quantitative estimate of drug-likeness (QED) is 0.896. The largest absolute Gasteiger partial charge is 0.481 e. The lowest BCUT2D eigenvalue weighted by atomic mass is 9.96. The SMILES string of the molecule is O=C(O)[C@@H]1CN(C(=O)NCc2ccsc2)C[C@H]1C(F)(F)F. The fourth-order valence-electron chi connectivity index (χ4n) is 2.23. The third-order valence-electron chi connectivity index (χ3n) is 3.37. The van der Waals surface area contributed by atoms with E-state index in [4.69, 9.17) is 5.11 Å². The molecule has 0 bridgehead atoms. The van der Waals surface area contributed by atoms with Gasteiger partial charge in [0.1, 0.15) is 0 Å². The maximum absolute atomic E-state index is 12.8. The van der Waals surface area contributed by atoms with Crippen molar-refractivity contribution >= 4 is 23.3 Å². The summed E-state index contributed by atoms with van der Waals surface area (Å²) < 4.78 is 38.4. The molecule has 2 rings (SSSR count). The van der Waals surface area contributed by atoms with E-state index in [1.54, 1.807) is 6.07 Å². The first-order chi connectivity index (χ1) is 9.79. The Morgan fingerprint density at radius 3 is 2.62 bits per heavy atom. The van der Waals surface area contributed by atoms with Gasteiger partial charge in [-0.1, -0.05) is 0 Å². The number of alkyl halides is 3. The molecular weight excluding hydrogens is 309 g/mol. The highest BCUT2D eigenvalue weighted by Gasteiger charge is 2.53. The molecule has 1 fully saturated rings. The van der Waals surface area contributed by atoms with E-state index < -0.39 is 43.1 Å². The summed E-state index contributed by atoms with van der Waals surface area (Å²) in [6, 6.07) is 1.10. The standard InChI is InChI=1S/C12H13F3N2O3S/c13-12(14,15)9-5-17(4-8(9)10(18)19)11(20)16-3-7-1-2-21-6-7/h1-2,6,8-9H,3-5H2,(H,16,20)(H,18,19)/t8-,9-/m1/s1. The average molecular weight is 322 g/mol. The average Bonchev–Trinajstić information content (AvgIpc) is 3.04.